The van der Waals surface area contributed by atoms with Crippen LogP contribution in [0.5, 0.6) is 0 Å². The average Bonchev–Trinajstić information content (AvgIpc) is 2.42. The van der Waals surface area contributed by atoms with Gasteiger partial charge in [-0.2, -0.15) is 4.72 Å². The Morgan fingerprint density at radius 2 is 1.83 bits per heavy atom. The normalized spacial score (nSPS) is 15.1. The van der Waals surface area contributed by atoms with E-state index in [1.807, 2.05) is 0 Å². The van der Waals surface area contributed by atoms with Crippen molar-refractivity contribution in [3.8, 4) is 0 Å². The molecule has 9 heteroatoms. The number of rotatable bonds is 7. The number of hydrogen-bond acceptors (Lipinski definition) is 5. The number of carboxylic acid groups (broad SMARTS) is 1. The van der Waals surface area contributed by atoms with E-state index in [2.05, 4.69) is 4.72 Å². The third kappa shape index (κ3) is 4.76. The number of benzene rings is 1. The van der Waals surface area contributed by atoms with E-state index in [0.29, 0.717) is 12.0 Å². The maximum Gasteiger partial charge on any atom is 0.322 e. The van der Waals surface area contributed by atoms with Gasteiger partial charge in [-0.05, 0) is 30.5 Å². The van der Waals surface area contributed by atoms with E-state index in [0.717, 1.165) is 12.3 Å². The Labute approximate surface area is 136 Å². The SMILES string of the molecule is CC[C@H](C)[C@H](NS(=O)(=O)c1cc(S(C)(=O)=O)ccc1C)C(=O)O. The second-order valence-electron chi connectivity index (χ2n) is 5.52. The second-order valence-corrected chi connectivity index (χ2v) is 9.22. The summed E-state index contributed by atoms with van der Waals surface area (Å²) in [6.07, 6.45) is 1.45. The third-order valence-corrected chi connectivity index (χ3v) is 6.33. The molecule has 0 aliphatic rings. The van der Waals surface area contributed by atoms with E-state index in [1.54, 1.807) is 13.8 Å². The van der Waals surface area contributed by atoms with Crippen molar-refractivity contribution < 1.29 is 26.7 Å². The summed E-state index contributed by atoms with van der Waals surface area (Å²) in [5.41, 5.74) is 0.332. The van der Waals surface area contributed by atoms with Gasteiger partial charge < -0.3 is 5.11 Å². The van der Waals surface area contributed by atoms with Gasteiger partial charge in [-0.25, -0.2) is 16.8 Å². The zero-order valence-electron chi connectivity index (χ0n) is 13.4. The molecule has 1 aromatic carbocycles. The number of carbonyl (C=O) groups is 1. The molecule has 0 radical (unpaired) electrons. The number of carboxylic acids is 1. The van der Waals surface area contributed by atoms with Crippen LogP contribution in [0.1, 0.15) is 25.8 Å². The fourth-order valence-electron chi connectivity index (χ4n) is 1.98. The topological polar surface area (TPSA) is 118 Å². The summed E-state index contributed by atoms with van der Waals surface area (Å²) in [6, 6.07) is 2.45. The van der Waals surface area contributed by atoms with E-state index in [4.69, 9.17) is 0 Å². The minimum absolute atomic E-state index is 0.140. The summed E-state index contributed by atoms with van der Waals surface area (Å²) in [5.74, 6) is -1.69. The Morgan fingerprint density at radius 1 is 1.26 bits per heavy atom. The maximum absolute atomic E-state index is 12.5. The van der Waals surface area contributed by atoms with Crippen LogP contribution in [0.3, 0.4) is 0 Å². The fraction of sp³-hybridized carbons (Fsp3) is 0.500. The summed E-state index contributed by atoms with van der Waals surface area (Å²) in [4.78, 5) is 10.9. The molecule has 0 amide bonds. The molecule has 7 nitrogen and oxygen atoms in total. The summed E-state index contributed by atoms with van der Waals surface area (Å²) >= 11 is 0. The third-order valence-electron chi connectivity index (χ3n) is 3.64. The second kappa shape index (κ2) is 6.98. The Morgan fingerprint density at radius 3 is 2.26 bits per heavy atom. The summed E-state index contributed by atoms with van der Waals surface area (Å²) in [7, 11) is -7.75. The lowest BCUT2D eigenvalue weighted by Gasteiger charge is -2.21. The van der Waals surface area contributed by atoms with Crippen LogP contribution in [0.25, 0.3) is 0 Å². The molecule has 0 saturated carbocycles. The molecule has 0 saturated heterocycles. The Bertz CT molecular complexity index is 799. The van der Waals surface area contributed by atoms with Gasteiger partial charge in [0.1, 0.15) is 6.04 Å². The predicted octanol–water partition coefficient (Wildman–Crippen LogP) is 1.18. The van der Waals surface area contributed by atoms with Crippen LogP contribution in [0.4, 0.5) is 0 Å². The zero-order chi connectivity index (χ0) is 18.0. The molecular weight excluding hydrogens is 342 g/mol. The van der Waals surface area contributed by atoms with Crippen molar-refractivity contribution in [2.45, 2.75) is 43.0 Å². The molecule has 0 heterocycles. The maximum atomic E-state index is 12.5. The first-order chi connectivity index (χ1) is 10.4. The van der Waals surface area contributed by atoms with Crippen LogP contribution in [0.15, 0.2) is 28.0 Å². The van der Waals surface area contributed by atoms with Crippen molar-refractivity contribution in [1.82, 2.24) is 4.72 Å². The zero-order valence-corrected chi connectivity index (χ0v) is 15.0. The van der Waals surface area contributed by atoms with Gasteiger partial charge in [-0.1, -0.05) is 26.3 Å². The Hall–Kier alpha value is -1.45. The first kappa shape index (κ1) is 19.6. The van der Waals surface area contributed by atoms with Gasteiger partial charge in [0.2, 0.25) is 10.0 Å². The molecule has 130 valence electrons. The highest BCUT2D eigenvalue weighted by Crippen LogP contribution is 2.21. The number of nitrogens with one attached hydrogen (secondary N) is 1. The van der Waals surface area contributed by atoms with Crippen LogP contribution < -0.4 is 4.72 Å². The highest BCUT2D eigenvalue weighted by Gasteiger charge is 2.30. The standard InChI is InChI=1S/C14H21NO6S2/c1-5-9(2)13(14(16)17)15-23(20,21)12-8-11(22(4,18)19)7-6-10(12)3/h6-9,13,15H,5H2,1-4H3,(H,16,17)/t9-,13-/m0/s1. The first-order valence-electron chi connectivity index (χ1n) is 6.96. The molecule has 1 aromatic rings. The molecule has 2 atom stereocenters. The Kier molecular flexibility index (Phi) is 5.95. The number of aryl methyl sites for hydroxylation is 1. The lowest BCUT2D eigenvalue weighted by molar-refractivity contribution is -0.140. The molecule has 1 rings (SSSR count). The van der Waals surface area contributed by atoms with E-state index < -0.39 is 37.8 Å². The van der Waals surface area contributed by atoms with Gasteiger partial charge in [-0.3, -0.25) is 4.79 Å². The van der Waals surface area contributed by atoms with Crippen LogP contribution >= 0.6 is 0 Å². The summed E-state index contributed by atoms with van der Waals surface area (Å²) < 4.78 is 50.4. The highest BCUT2D eigenvalue weighted by atomic mass is 32.2. The van der Waals surface area contributed by atoms with Crippen molar-refractivity contribution in [2.75, 3.05) is 6.26 Å². The van der Waals surface area contributed by atoms with E-state index >= 15 is 0 Å². The molecule has 0 aliphatic carbocycles. The van der Waals surface area contributed by atoms with E-state index in [9.17, 15) is 26.7 Å². The van der Waals surface area contributed by atoms with Crippen LogP contribution in [-0.2, 0) is 24.7 Å². The molecule has 0 spiro atoms. The lowest BCUT2D eigenvalue weighted by atomic mass is 10.0. The molecule has 0 aromatic heterocycles. The molecular formula is C14H21NO6S2. The smallest absolute Gasteiger partial charge is 0.322 e. The van der Waals surface area contributed by atoms with Gasteiger partial charge in [-0.15, -0.1) is 0 Å². The number of aliphatic carboxylic acids is 1. The quantitative estimate of drug-likeness (QED) is 0.751. The number of sulfone groups is 1. The summed E-state index contributed by atoms with van der Waals surface area (Å²) in [5, 5.41) is 9.22. The van der Waals surface area contributed by atoms with Crippen molar-refractivity contribution in [2.24, 2.45) is 5.92 Å². The molecule has 0 aliphatic heterocycles. The van der Waals surface area contributed by atoms with Crippen molar-refractivity contribution in [3.63, 3.8) is 0 Å². The minimum atomic E-state index is -4.17. The van der Waals surface area contributed by atoms with Crippen molar-refractivity contribution in [1.29, 1.82) is 0 Å². The minimum Gasteiger partial charge on any atom is -0.480 e. The Balaban J connectivity index is 3.36. The van der Waals surface area contributed by atoms with E-state index in [1.165, 1.54) is 19.1 Å². The first-order valence-corrected chi connectivity index (χ1v) is 10.3. The monoisotopic (exact) mass is 363 g/mol. The van der Waals surface area contributed by atoms with Crippen LogP contribution in [0, 0.1) is 12.8 Å². The van der Waals surface area contributed by atoms with Crippen molar-refractivity contribution in [3.05, 3.63) is 23.8 Å². The van der Waals surface area contributed by atoms with Gasteiger partial charge in [0.15, 0.2) is 9.84 Å². The molecule has 23 heavy (non-hydrogen) atoms. The lowest BCUT2D eigenvalue weighted by Crippen LogP contribution is -2.45. The van der Waals surface area contributed by atoms with Gasteiger partial charge in [0, 0.05) is 6.26 Å². The molecule has 0 fully saturated rings. The van der Waals surface area contributed by atoms with E-state index in [-0.39, 0.29) is 9.79 Å². The summed E-state index contributed by atoms with van der Waals surface area (Å²) in [6.45, 7) is 4.89. The number of sulfonamides is 1. The highest BCUT2D eigenvalue weighted by molar-refractivity contribution is 7.91. The molecule has 0 unspecified atom stereocenters. The fourth-order valence-corrected chi connectivity index (χ4v) is 4.27. The van der Waals surface area contributed by atoms with Gasteiger partial charge >= 0.3 is 5.97 Å². The number of hydrogen-bond donors (Lipinski definition) is 2. The van der Waals surface area contributed by atoms with Gasteiger partial charge in [0.25, 0.3) is 0 Å². The van der Waals surface area contributed by atoms with Crippen LogP contribution in [-0.4, -0.2) is 40.2 Å². The molecule has 0 bridgehead atoms. The van der Waals surface area contributed by atoms with Crippen LogP contribution in [0.2, 0.25) is 0 Å². The van der Waals surface area contributed by atoms with Crippen molar-refractivity contribution >= 4 is 25.8 Å². The predicted molar refractivity (Wildman–Crippen MR) is 85.5 cm³/mol. The molecule has 2 N–H and O–H groups in total. The van der Waals surface area contributed by atoms with Gasteiger partial charge in [0.05, 0.1) is 9.79 Å². The average molecular weight is 363 g/mol. The largest absolute Gasteiger partial charge is 0.480 e.